The van der Waals surface area contributed by atoms with Crippen molar-refractivity contribution in [1.82, 2.24) is 4.98 Å². The van der Waals surface area contributed by atoms with Crippen LogP contribution in [-0.2, 0) is 0 Å². The Morgan fingerprint density at radius 1 is 1.39 bits per heavy atom. The number of nitrogens with zero attached hydrogens (tertiary/aromatic N) is 1. The van der Waals surface area contributed by atoms with E-state index in [2.05, 4.69) is 20.9 Å². The van der Waals surface area contributed by atoms with Crippen molar-refractivity contribution in [2.75, 3.05) is 0 Å². The van der Waals surface area contributed by atoms with E-state index < -0.39 is 0 Å². The van der Waals surface area contributed by atoms with Gasteiger partial charge in [-0.25, -0.2) is 0 Å². The molecule has 0 aliphatic carbocycles. The molecule has 0 fully saturated rings. The third-order valence-corrected chi connectivity index (χ3v) is 3.79. The van der Waals surface area contributed by atoms with Crippen molar-refractivity contribution in [3.63, 3.8) is 0 Å². The van der Waals surface area contributed by atoms with E-state index >= 15 is 0 Å². The van der Waals surface area contributed by atoms with E-state index in [0.29, 0.717) is 5.56 Å². The van der Waals surface area contributed by atoms with Gasteiger partial charge in [-0.2, -0.15) is 0 Å². The van der Waals surface area contributed by atoms with Crippen LogP contribution in [0.4, 0.5) is 0 Å². The molecule has 0 aliphatic rings. The first-order chi connectivity index (χ1) is 8.63. The Bertz CT molecular complexity index is 586. The number of aromatic nitrogens is 1. The van der Waals surface area contributed by atoms with Gasteiger partial charge in [-0.1, -0.05) is 36.7 Å². The molecule has 0 N–H and O–H groups in total. The van der Waals surface area contributed by atoms with Crippen molar-refractivity contribution in [3.05, 3.63) is 62.8 Å². The molecule has 4 heteroatoms. The SMILES string of the molecule is CC(c1ccccc1Cl)c1ncc(C=O)cc1Br. The number of hydrogen-bond acceptors (Lipinski definition) is 2. The smallest absolute Gasteiger partial charge is 0.151 e. The molecule has 1 aromatic carbocycles. The summed E-state index contributed by atoms with van der Waals surface area (Å²) in [5.74, 6) is 0.0637. The van der Waals surface area contributed by atoms with Crippen molar-refractivity contribution in [2.45, 2.75) is 12.8 Å². The van der Waals surface area contributed by atoms with Crippen molar-refractivity contribution in [3.8, 4) is 0 Å². The average Bonchev–Trinajstić information content (AvgIpc) is 2.38. The molecule has 2 rings (SSSR count). The molecule has 0 radical (unpaired) electrons. The summed E-state index contributed by atoms with van der Waals surface area (Å²) < 4.78 is 0.819. The summed E-state index contributed by atoms with van der Waals surface area (Å²) in [5.41, 5.74) is 2.44. The molecule has 92 valence electrons. The molecule has 18 heavy (non-hydrogen) atoms. The molecular weight excluding hydrogens is 314 g/mol. The standard InChI is InChI=1S/C14H11BrClNO/c1-9(11-4-2-3-5-13(11)16)14-12(15)6-10(8-18)7-17-14/h2-9H,1H3. The molecule has 1 unspecified atom stereocenters. The number of benzene rings is 1. The zero-order chi connectivity index (χ0) is 13.1. The molecule has 1 heterocycles. The maximum atomic E-state index is 10.7. The van der Waals surface area contributed by atoms with E-state index in [9.17, 15) is 4.79 Å². The highest BCUT2D eigenvalue weighted by atomic mass is 79.9. The zero-order valence-electron chi connectivity index (χ0n) is 9.73. The predicted molar refractivity (Wildman–Crippen MR) is 76.3 cm³/mol. The van der Waals surface area contributed by atoms with Crippen molar-refractivity contribution >= 4 is 33.8 Å². The number of carbonyl (C=O) groups is 1. The highest BCUT2D eigenvalue weighted by Gasteiger charge is 2.16. The van der Waals surface area contributed by atoms with E-state index in [0.717, 1.165) is 27.0 Å². The quantitative estimate of drug-likeness (QED) is 0.780. The lowest BCUT2D eigenvalue weighted by molar-refractivity contribution is 0.112. The Balaban J connectivity index is 2.43. The van der Waals surface area contributed by atoms with Crippen LogP contribution in [0.25, 0.3) is 0 Å². The van der Waals surface area contributed by atoms with E-state index in [-0.39, 0.29) is 5.92 Å². The Hall–Kier alpha value is -1.19. The summed E-state index contributed by atoms with van der Waals surface area (Å²) in [7, 11) is 0. The minimum Gasteiger partial charge on any atom is -0.298 e. The zero-order valence-corrected chi connectivity index (χ0v) is 12.1. The maximum Gasteiger partial charge on any atom is 0.151 e. The normalized spacial score (nSPS) is 12.2. The van der Waals surface area contributed by atoms with Gasteiger partial charge in [0.1, 0.15) is 0 Å². The van der Waals surface area contributed by atoms with E-state index in [1.807, 2.05) is 31.2 Å². The minimum atomic E-state index is 0.0637. The topological polar surface area (TPSA) is 30.0 Å². The van der Waals surface area contributed by atoms with Gasteiger partial charge >= 0.3 is 0 Å². The molecule has 0 saturated carbocycles. The third kappa shape index (κ3) is 2.62. The minimum absolute atomic E-state index is 0.0637. The van der Waals surface area contributed by atoms with Crippen LogP contribution in [0, 0.1) is 0 Å². The maximum absolute atomic E-state index is 10.7. The van der Waals surface area contributed by atoms with Gasteiger partial charge in [-0.15, -0.1) is 0 Å². The van der Waals surface area contributed by atoms with Crippen LogP contribution < -0.4 is 0 Å². The van der Waals surface area contributed by atoms with Gasteiger partial charge in [0.2, 0.25) is 0 Å². The van der Waals surface area contributed by atoms with Crippen LogP contribution in [0.5, 0.6) is 0 Å². The number of rotatable bonds is 3. The second-order valence-corrected chi connectivity index (χ2v) is 5.26. The van der Waals surface area contributed by atoms with Crippen LogP contribution in [-0.4, -0.2) is 11.3 Å². The highest BCUT2D eigenvalue weighted by molar-refractivity contribution is 9.10. The molecular formula is C14H11BrClNO. The molecule has 0 aliphatic heterocycles. The van der Waals surface area contributed by atoms with Gasteiger partial charge in [0.05, 0.1) is 5.69 Å². The van der Waals surface area contributed by atoms with Crippen LogP contribution in [0.1, 0.15) is 34.5 Å². The summed E-state index contributed by atoms with van der Waals surface area (Å²) in [5, 5.41) is 0.721. The average molecular weight is 325 g/mol. The molecule has 2 nitrogen and oxygen atoms in total. The third-order valence-electron chi connectivity index (χ3n) is 2.81. The summed E-state index contributed by atoms with van der Waals surface area (Å²) >= 11 is 9.63. The molecule has 1 aromatic heterocycles. The van der Waals surface area contributed by atoms with E-state index in [4.69, 9.17) is 11.6 Å². The Kier molecular flexibility index (Phi) is 4.15. The molecule has 2 aromatic rings. The molecule has 0 saturated heterocycles. The monoisotopic (exact) mass is 323 g/mol. The predicted octanol–water partition coefficient (Wildman–Crippen LogP) is 4.46. The molecule has 1 atom stereocenters. The Morgan fingerprint density at radius 2 is 2.11 bits per heavy atom. The highest BCUT2D eigenvalue weighted by Crippen LogP contribution is 2.32. The van der Waals surface area contributed by atoms with Crippen LogP contribution in [0.3, 0.4) is 0 Å². The fourth-order valence-electron chi connectivity index (χ4n) is 1.82. The van der Waals surface area contributed by atoms with Gasteiger partial charge in [0.15, 0.2) is 6.29 Å². The van der Waals surface area contributed by atoms with Crippen molar-refractivity contribution in [2.24, 2.45) is 0 Å². The lowest BCUT2D eigenvalue weighted by Gasteiger charge is -2.14. The van der Waals surface area contributed by atoms with Gasteiger partial charge in [-0.3, -0.25) is 9.78 Å². The van der Waals surface area contributed by atoms with E-state index in [1.165, 1.54) is 0 Å². The van der Waals surface area contributed by atoms with Crippen molar-refractivity contribution < 1.29 is 4.79 Å². The fourth-order valence-corrected chi connectivity index (χ4v) is 2.83. The summed E-state index contributed by atoms with van der Waals surface area (Å²) in [4.78, 5) is 15.0. The van der Waals surface area contributed by atoms with Gasteiger partial charge < -0.3 is 0 Å². The number of pyridine rings is 1. The first kappa shape index (κ1) is 13.2. The molecule has 0 spiro atoms. The summed E-state index contributed by atoms with van der Waals surface area (Å²) in [6, 6.07) is 9.46. The lowest BCUT2D eigenvalue weighted by atomic mass is 9.97. The Morgan fingerprint density at radius 3 is 2.72 bits per heavy atom. The summed E-state index contributed by atoms with van der Waals surface area (Å²) in [6.45, 7) is 2.04. The molecule has 0 amide bonds. The largest absolute Gasteiger partial charge is 0.298 e. The van der Waals surface area contributed by atoms with Crippen LogP contribution in [0.15, 0.2) is 41.0 Å². The van der Waals surface area contributed by atoms with Gasteiger partial charge in [0, 0.05) is 27.2 Å². The lowest BCUT2D eigenvalue weighted by Crippen LogP contribution is -2.02. The van der Waals surface area contributed by atoms with Crippen molar-refractivity contribution in [1.29, 1.82) is 0 Å². The van der Waals surface area contributed by atoms with Crippen LogP contribution >= 0.6 is 27.5 Å². The number of hydrogen-bond donors (Lipinski definition) is 0. The summed E-state index contributed by atoms with van der Waals surface area (Å²) in [6.07, 6.45) is 2.35. The van der Waals surface area contributed by atoms with Crippen LogP contribution in [0.2, 0.25) is 5.02 Å². The number of carbonyl (C=O) groups excluding carboxylic acids is 1. The number of halogens is 2. The first-order valence-corrected chi connectivity index (χ1v) is 6.65. The first-order valence-electron chi connectivity index (χ1n) is 5.48. The Labute approximate surface area is 119 Å². The fraction of sp³-hybridized carbons (Fsp3) is 0.143. The van der Waals surface area contributed by atoms with Gasteiger partial charge in [0.25, 0.3) is 0 Å². The van der Waals surface area contributed by atoms with Gasteiger partial charge in [-0.05, 0) is 33.6 Å². The van der Waals surface area contributed by atoms with E-state index in [1.54, 1.807) is 12.3 Å². The second-order valence-electron chi connectivity index (χ2n) is 4.00. The second kappa shape index (κ2) is 5.63. The number of aldehydes is 1. The molecule has 0 bridgehead atoms.